The molecule has 0 spiro atoms. The molecular formula is C15H25Cl2N4O6-. The van der Waals surface area contributed by atoms with Crippen molar-refractivity contribution in [3.8, 4) is 0 Å². The zero-order valence-corrected chi connectivity index (χ0v) is 16.6. The van der Waals surface area contributed by atoms with Gasteiger partial charge in [0.25, 0.3) is 0 Å². The van der Waals surface area contributed by atoms with Crippen LogP contribution >= 0.6 is 0 Å². The van der Waals surface area contributed by atoms with Gasteiger partial charge in [0.15, 0.2) is 17.5 Å². The lowest BCUT2D eigenvalue weighted by Crippen LogP contribution is -3.00. The molecule has 1 aliphatic heterocycles. The van der Waals surface area contributed by atoms with Crippen LogP contribution in [0.25, 0.3) is 0 Å². The maximum atomic E-state index is 12.2. The van der Waals surface area contributed by atoms with E-state index in [1.54, 1.807) is 13.8 Å². The lowest BCUT2D eigenvalue weighted by atomic mass is 9.95. The second kappa shape index (κ2) is 9.67. The molecule has 156 valence electrons. The number of aliphatic hydroxyl groups is 2. The highest BCUT2D eigenvalue weighted by Gasteiger charge is 2.58. The zero-order valence-electron chi connectivity index (χ0n) is 15.1. The number of aromatic amines is 1. The summed E-state index contributed by atoms with van der Waals surface area (Å²) in [6, 6.07) is 0.532. The van der Waals surface area contributed by atoms with Crippen molar-refractivity contribution in [3.63, 3.8) is 0 Å². The summed E-state index contributed by atoms with van der Waals surface area (Å²) >= 11 is 0. The smallest absolute Gasteiger partial charge is 0.499 e. The fraction of sp³-hybridized carbons (Fsp3) is 0.667. The molecule has 0 aromatic carbocycles. The predicted octanol–water partition coefficient (Wildman–Crippen LogP) is -8.21. The van der Waals surface area contributed by atoms with Crippen LogP contribution in [-0.2, 0) is 14.3 Å². The number of aromatic nitrogens is 2. The van der Waals surface area contributed by atoms with Gasteiger partial charge in [0.1, 0.15) is 18.3 Å². The highest BCUT2D eigenvalue weighted by molar-refractivity contribution is 5.76. The van der Waals surface area contributed by atoms with E-state index >= 15 is 0 Å². The van der Waals surface area contributed by atoms with E-state index < -0.39 is 48.3 Å². The third-order valence-electron chi connectivity index (χ3n) is 4.28. The minimum atomic E-state index is -1.78. The predicted molar refractivity (Wildman–Crippen MR) is 86.0 cm³/mol. The third kappa shape index (κ3) is 5.09. The molecule has 0 saturated carbocycles. The summed E-state index contributed by atoms with van der Waals surface area (Å²) in [5.74, 6) is -0.750. The number of hydrogen-bond donors (Lipinski definition) is 5. The fourth-order valence-electron chi connectivity index (χ4n) is 2.69. The standard InChI is InChI=1S/C15H24N4O6.2ClH/c1-7(2)10(17)12(21)25-11-8(6-20)24-13(15(11,3)23)19-5-4-9(16)18-14(19)22;;/h4-5,7-8,10-11,13,20,23H,6,17H2,1-3H3,(H2,16,18,22);2*1H/p-1/t8-,10?,11?,13-,15+;;/m1../s1. The fourth-order valence-corrected chi connectivity index (χ4v) is 2.69. The van der Waals surface area contributed by atoms with Gasteiger partial charge in [0, 0.05) is 6.07 Å². The van der Waals surface area contributed by atoms with E-state index in [9.17, 15) is 19.8 Å². The van der Waals surface area contributed by atoms with Crippen LogP contribution in [0.2, 0.25) is 0 Å². The van der Waals surface area contributed by atoms with Crippen molar-refractivity contribution in [2.24, 2.45) is 11.7 Å². The molecule has 1 fully saturated rings. The van der Waals surface area contributed by atoms with E-state index in [1.165, 1.54) is 19.2 Å². The number of H-pyrrole nitrogens is 1. The maximum Gasteiger partial charge on any atom is 0.499 e. The minimum absolute atomic E-state index is 0. The minimum Gasteiger partial charge on any atom is -1.00 e. The molecule has 2 rings (SSSR count). The van der Waals surface area contributed by atoms with E-state index in [0.29, 0.717) is 0 Å². The molecule has 5 atom stereocenters. The Morgan fingerprint density at radius 1 is 1.48 bits per heavy atom. The lowest BCUT2D eigenvalue weighted by molar-refractivity contribution is -0.786. The molecular weight excluding hydrogens is 403 g/mol. The molecule has 0 bridgehead atoms. The molecule has 1 aromatic heterocycles. The molecule has 10 nitrogen and oxygen atoms in total. The Balaban J connectivity index is 0.00000338. The van der Waals surface area contributed by atoms with Gasteiger partial charge < -0.3 is 56.0 Å². The van der Waals surface area contributed by atoms with E-state index in [1.807, 2.05) is 0 Å². The van der Waals surface area contributed by atoms with Crippen LogP contribution in [0.1, 0.15) is 27.0 Å². The second-order valence-corrected chi connectivity index (χ2v) is 6.67. The van der Waals surface area contributed by atoms with Gasteiger partial charge >= 0.3 is 11.7 Å². The first kappa shape index (κ1) is 25.6. The molecule has 2 heterocycles. The van der Waals surface area contributed by atoms with Crippen molar-refractivity contribution in [1.29, 1.82) is 0 Å². The van der Waals surface area contributed by atoms with E-state index in [0.717, 1.165) is 4.57 Å². The Morgan fingerprint density at radius 3 is 2.56 bits per heavy atom. The van der Waals surface area contributed by atoms with Crippen LogP contribution in [-0.4, -0.2) is 51.6 Å². The summed E-state index contributed by atoms with van der Waals surface area (Å²) in [5.41, 5.74) is 8.87. The second-order valence-electron chi connectivity index (χ2n) is 6.67. The molecule has 0 amide bonds. The number of ether oxygens (including phenoxy) is 2. The number of halogens is 2. The number of aliphatic hydroxyl groups excluding tert-OH is 1. The van der Waals surface area contributed by atoms with Gasteiger partial charge in [0.2, 0.25) is 6.23 Å². The monoisotopic (exact) mass is 427 g/mol. The molecule has 1 aliphatic rings. The summed E-state index contributed by atoms with van der Waals surface area (Å²) in [6.45, 7) is 4.35. The number of carbonyl (C=O) groups excluding carboxylic acids is 1. The van der Waals surface area contributed by atoms with Gasteiger partial charge in [0.05, 0.1) is 6.61 Å². The Bertz CT molecular complexity index is 699. The normalized spacial score (nSPS) is 28.2. The number of rotatable bonds is 5. The van der Waals surface area contributed by atoms with E-state index in [-0.39, 0.29) is 36.5 Å². The van der Waals surface area contributed by atoms with Gasteiger partial charge in [-0.15, -0.1) is 0 Å². The zero-order chi connectivity index (χ0) is 18.9. The maximum absolute atomic E-state index is 12.2. The molecule has 7 N–H and O–H groups in total. The number of hydrogen-bond acceptors (Lipinski definition) is 8. The summed E-state index contributed by atoms with van der Waals surface area (Å²) in [4.78, 5) is 26.6. The number of nitrogens with one attached hydrogen (secondary N) is 1. The van der Waals surface area contributed by atoms with Gasteiger partial charge in [-0.2, -0.15) is 14.3 Å². The highest BCUT2D eigenvalue weighted by atomic mass is 35.5. The Kier molecular flexibility index (Phi) is 9.16. The van der Waals surface area contributed by atoms with Gasteiger partial charge in [-0.1, -0.05) is 13.8 Å². The number of nitrogens with two attached hydrogens (primary N) is 2. The molecule has 27 heavy (non-hydrogen) atoms. The van der Waals surface area contributed by atoms with E-state index in [4.69, 9.17) is 20.9 Å². The first-order valence-electron chi connectivity index (χ1n) is 7.94. The van der Waals surface area contributed by atoms with Crippen molar-refractivity contribution in [1.82, 2.24) is 4.98 Å². The molecule has 0 radical (unpaired) electrons. The third-order valence-corrected chi connectivity index (χ3v) is 4.28. The largest absolute Gasteiger partial charge is 1.00 e. The first-order valence-corrected chi connectivity index (χ1v) is 7.94. The van der Waals surface area contributed by atoms with Crippen LogP contribution in [0.5, 0.6) is 0 Å². The average Bonchev–Trinajstić information content (AvgIpc) is 2.77. The van der Waals surface area contributed by atoms with Crippen LogP contribution in [0, 0.1) is 5.92 Å². The van der Waals surface area contributed by atoms with Crippen molar-refractivity contribution >= 4 is 11.8 Å². The van der Waals surface area contributed by atoms with Crippen LogP contribution < -0.4 is 46.5 Å². The van der Waals surface area contributed by atoms with Gasteiger partial charge in [-0.05, 0) is 12.8 Å². The summed E-state index contributed by atoms with van der Waals surface area (Å²) in [7, 11) is 0. The SMILES string of the molecule is CC(C)C(N)C(=O)OC1[C@@H](CO)O[C@@H]([n+]2ccc(N)[nH]c2=O)[C@@]1(C)O.[Cl-].[Cl-]. The van der Waals surface area contributed by atoms with Crippen molar-refractivity contribution in [2.45, 2.75) is 50.8 Å². The van der Waals surface area contributed by atoms with Crippen molar-refractivity contribution in [2.75, 3.05) is 12.3 Å². The van der Waals surface area contributed by atoms with Crippen LogP contribution in [0.15, 0.2) is 17.1 Å². The van der Waals surface area contributed by atoms with Crippen molar-refractivity contribution < 1.29 is 53.9 Å². The molecule has 12 heteroatoms. The Labute approximate surface area is 168 Å². The lowest BCUT2D eigenvalue weighted by Gasteiger charge is -2.29. The number of nitrogen functional groups attached to an aromatic ring is 1. The van der Waals surface area contributed by atoms with E-state index in [2.05, 4.69) is 4.98 Å². The number of anilines is 1. The quantitative estimate of drug-likeness (QED) is 0.228. The van der Waals surface area contributed by atoms with Crippen LogP contribution in [0.3, 0.4) is 0 Å². The number of nitrogens with zero attached hydrogens (tertiary/aromatic N) is 1. The van der Waals surface area contributed by atoms with Crippen molar-refractivity contribution in [3.05, 3.63) is 22.7 Å². The Morgan fingerprint density at radius 2 is 2.07 bits per heavy atom. The topological polar surface area (TPSA) is 165 Å². The van der Waals surface area contributed by atoms with Crippen LogP contribution in [0.4, 0.5) is 5.82 Å². The highest BCUT2D eigenvalue weighted by Crippen LogP contribution is 2.36. The number of esters is 1. The number of carbonyl (C=O) groups is 1. The molecule has 0 aliphatic carbocycles. The Hall–Kier alpha value is -1.43. The summed E-state index contributed by atoms with van der Waals surface area (Å²) < 4.78 is 12.0. The molecule has 1 aromatic rings. The molecule has 1 saturated heterocycles. The average molecular weight is 428 g/mol. The first-order chi connectivity index (χ1) is 11.6. The van der Waals surface area contributed by atoms with Gasteiger partial charge in [-0.3, -0.25) is 4.79 Å². The van der Waals surface area contributed by atoms with Gasteiger partial charge in [-0.25, -0.2) is 0 Å². The summed E-state index contributed by atoms with van der Waals surface area (Å²) in [6.07, 6.45) is -2.08. The molecule has 2 unspecified atom stereocenters. The summed E-state index contributed by atoms with van der Waals surface area (Å²) in [5, 5.41) is 20.4.